The molecule has 5 rings (SSSR count). The summed E-state index contributed by atoms with van der Waals surface area (Å²) in [5.74, 6) is -1.06. The monoisotopic (exact) mass is 468 g/mol. The van der Waals surface area contributed by atoms with Crippen LogP contribution in [0.4, 0.5) is 11.4 Å². The van der Waals surface area contributed by atoms with Crippen molar-refractivity contribution in [2.45, 2.75) is 26.0 Å². The molecule has 35 heavy (non-hydrogen) atoms. The van der Waals surface area contributed by atoms with Crippen LogP contribution in [0.25, 0.3) is 0 Å². The molecular weight excluding hydrogens is 440 g/mol. The molecule has 0 spiro atoms. The number of esters is 1. The Morgan fingerprint density at radius 2 is 1.63 bits per heavy atom. The molecule has 0 fully saturated rings. The van der Waals surface area contributed by atoms with Crippen LogP contribution in [0.5, 0.6) is 5.75 Å². The maximum Gasteiger partial charge on any atom is 0.316 e. The highest BCUT2D eigenvalue weighted by molar-refractivity contribution is 6.11. The van der Waals surface area contributed by atoms with Crippen LogP contribution >= 0.6 is 0 Å². The van der Waals surface area contributed by atoms with Gasteiger partial charge in [-0.1, -0.05) is 67.6 Å². The van der Waals surface area contributed by atoms with Crippen molar-refractivity contribution in [3.05, 3.63) is 101 Å². The second-order valence-corrected chi connectivity index (χ2v) is 9.00. The molecule has 1 aliphatic carbocycles. The van der Waals surface area contributed by atoms with Crippen molar-refractivity contribution < 1.29 is 19.1 Å². The molecule has 6 heteroatoms. The van der Waals surface area contributed by atoms with Crippen LogP contribution in [-0.4, -0.2) is 18.9 Å². The Kier molecular flexibility index (Phi) is 6.27. The van der Waals surface area contributed by atoms with E-state index in [1.54, 1.807) is 0 Å². The van der Waals surface area contributed by atoms with Crippen LogP contribution in [0.15, 0.2) is 90.1 Å². The molecule has 3 aromatic carbocycles. The van der Waals surface area contributed by atoms with Gasteiger partial charge in [-0.3, -0.25) is 9.59 Å². The predicted octanol–water partition coefficient (Wildman–Crippen LogP) is 5.50. The summed E-state index contributed by atoms with van der Waals surface area (Å²) in [6.45, 7) is 2.32. The first kappa shape index (κ1) is 22.7. The number of fused-ring (bicyclic) bond motifs is 1. The number of ether oxygens (including phenoxy) is 2. The lowest BCUT2D eigenvalue weighted by Gasteiger charge is -2.33. The number of methoxy groups -OCH3 is 1. The highest BCUT2D eigenvalue weighted by atomic mass is 16.5. The molecule has 178 valence electrons. The minimum atomic E-state index is -0.844. The third-order valence-corrected chi connectivity index (χ3v) is 6.69. The van der Waals surface area contributed by atoms with Gasteiger partial charge < -0.3 is 20.1 Å². The SMILES string of the molecule is COC(=O)[C@H]1C(=O)C2=C(C[C@@H]1C)Nc1ccccc1N[C@H]2c1ccccc1OCc1ccccc1. The van der Waals surface area contributed by atoms with E-state index in [9.17, 15) is 9.59 Å². The third-order valence-electron chi connectivity index (χ3n) is 6.69. The number of carbonyl (C=O) groups is 2. The number of hydrogen-bond donors (Lipinski definition) is 2. The van der Waals surface area contributed by atoms with Crippen LogP contribution in [0.3, 0.4) is 0 Å². The molecule has 3 atom stereocenters. The zero-order valence-corrected chi connectivity index (χ0v) is 19.8. The van der Waals surface area contributed by atoms with Gasteiger partial charge in [-0.2, -0.15) is 0 Å². The van der Waals surface area contributed by atoms with Gasteiger partial charge in [0, 0.05) is 16.8 Å². The number of rotatable bonds is 5. The van der Waals surface area contributed by atoms with Crippen molar-refractivity contribution in [3.63, 3.8) is 0 Å². The molecule has 0 saturated heterocycles. The quantitative estimate of drug-likeness (QED) is 0.381. The Morgan fingerprint density at radius 3 is 2.40 bits per heavy atom. The molecule has 2 aliphatic rings. The highest BCUT2D eigenvalue weighted by Gasteiger charge is 2.44. The molecule has 0 saturated carbocycles. The molecule has 1 heterocycles. The summed E-state index contributed by atoms with van der Waals surface area (Å²) in [7, 11) is 1.33. The van der Waals surface area contributed by atoms with Crippen LogP contribution in [0.2, 0.25) is 0 Å². The molecule has 0 radical (unpaired) electrons. The minimum Gasteiger partial charge on any atom is -0.489 e. The average Bonchev–Trinajstić information content (AvgIpc) is 3.04. The maximum atomic E-state index is 13.9. The van der Waals surface area contributed by atoms with E-state index in [1.165, 1.54) is 7.11 Å². The van der Waals surface area contributed by atoms with E-state index in [1.807, 2.05) is 85.8 Å². The lowest BCUT2D eigenvalue weighted by Crippen LogP contribution is -2.39. The number of anilines is 2. The number of Topliss-reactive ketones (excluding diaryl/α,β-unsaturated/α-hetero) is 1. The zero-order chi connectivity index (χ0) is 24.4. The molecule has 0 unspecified atom stereocenters. The van der Waals surface area contributed by atoms with Crippen molar-refractivity contribution >= 4 is 23.1 Å². The number of hydrogen-bond acceptors (Lipinski definition) is 6. The Balaban J connectivity index is 1.59. The largest absolute Gasteiger partial charge is 0.489 e. The predicted molar refractivity (Wildman–Crippen MR) is 135 cm³/mol. The Morgan fingerprint density at radius 1 is 0.943 bits per heavy atom. The van der Waals surface area contributed by atoms with Crippen molar-refractivity contribution in [2.75, 3.05) is 17.7 Å². The van der Waals surface area contributed by atoms with Crippen LogP contribution < -0.4 is 15.4 Å². The van der Waals surface area contributed by atoms with Crippen LogP contribution in [0, 0.1) is 11.8 Å². The van der Waals surface area contributed by atoms with E-state index in [0.29, 0.717) is 24.4 Å². The molecule has 0 aromatic heterocycles. The van der Waals surface area contributed by atoms with E-state index in [4.69, 9.17) is 9.47 Å². The standard InChI is InChI=1S/C29H28N2O4/c1-18-16-23-26(28(32)25(18)29(33)34-2)27(31-22-14-8-7-13-21(22)30-23)20-12-6-9-15-24(20)35-17-19-10-4-3-5-11-19/h3-15,18,25,27,30-31H,16-17H2,1-2H3/t18-,25+,27-/m0/s1. The van der Waals surface area contributed by atoms with E-state index < -0.39 is 17.9 Å². The number of benzene rings is 3. The van der Waals surface area contributed by atoms with Crippen LogP contribution in [-0.2, 0) is 20.9 Å². The molecular formula is C29H28N2O4. The zero-order valence-electron chi connectivity index (χ0n) is 19.8. The fourth-order valence-corrected chi connectivity index (χ4v) is 4.95. The van der Waals surface area contributed by atoms with Gasteiger partial charge in [-0.05, 0) is 36.1 Å². The molecule has 3 aromatic rings. The average molecular weight is 469 g/mol. The lowest BCUT2D eigenvalue weighted by molar-refractivity contribution is -0.151. The summed E-state index contributed by atoms with van der Waals surface area (Å²) >= 11 is 0. The number of para-hydroxylation sites is 3. The minimum absolute atomic E-state index is 0.184. The van der Waals surface area contributed by atoms with E-state index >= 15 is 0 Å². The Bertz CT molecular complexity index is 1280. The molecule has 1 aliphatic heterocycles. The summed E-state index contributed by atoms with van der Waals surface area (Å²) in [4.78, 5) is 26.5. The number of ketones is 1. The lowest BCUT2D eigenvalue weighted by atomic mass is 9.74. The highest BCUT2D eigenvalue weighted by Crippen LogP contribution is 2.45. The van der Waals surface area contributed by atoms with Crippen molar-refractivity contribution in [1.82, 2.24) is 0 Å². The fraction of sp³-hybridized carbons (Fsp3) is 0.241. The van der Waals surface area contributed by atoms with Gasteiger partial charge in [-0.15, -0.1) is 0 Å². The van der Waals surface area contributed by atoms with Gasteiger partial charge in [0.15, 0.2) is 5.78 Å². The van der Waals surface area contributed by atoms with E-state index in [-0.39, 0.29) is 11.7 Å². The summed E-state index contributed by atoms with van der Waals surface area (Å²) in [5.41, 5.74) is 5.02. The maximum absolute atomic E-state index is 13.9. The van der Waals surface area contributed by atoms with Gasteiger partial charge in [0.1, 0.15) is 18.3 Å². The van der Waals surface area contributed by atoms with Crippen LogP contribution in [0.1, 0.15) is 30.5 Å². The Labute approximate surface area is 205 Å². The van der Waals surface area contributed by atoms with Crippen molar-refractivity contribution in [3.8, 4) is 5.75 Å². The van der Waals surface area contributed by atoms with Gasteiger partial charge >= 0.3 is 5.97 Å². The number of allylic oxidation sites excluding steroid dienone is 1. The van der Waals surface area contributed by atoms with Gasteiger partial charge in [0.2, 0.25) is 0 Å². The topological polar surface area (TPSA) is 76.7 Å². The number of carbonyl (C=O) groups excluding carboxylic acids is 2. The summed E-state index contributed by atoms with van der Waals surface area (Å²) in [5, 5.41) is 7.04. The molecule has 0 bridgehead atoms. The molecule has 0 amide bonds. The molecule has 6 nitrogen and oxygen atoms in total. The summed E-state index contributed by atoms with van der Waals surface area (Å²) in [6, 6.07) is 25.1. The summed E-state index contributed by atoms with van der Waals surface area (Å²) < 4.78 is 11.3. The number of nitrogens with one attached hydrogen (secondary N) is 2. The second-order valence-electron chi connectivity index (χ2n) is 9.00. The van der Waals surface area contributed by atoms with Gasteiger partial charge in [0.25, 0.3) is 0 Å². The third kappa shape index (κ3) is 4.39. The second kappa shape index (κ2) is 9.66. The fourth-order valence-electron chi connectivity index (χ4n) is 4.95. The van der Waals surface area contributed by atoms with Gasteiger partial charge in [0.05, 0.1) is 24.5 Å². The first-order valence-corrected chi connectivity index (χ1v) is 11.8. The first-order valence-electron chi connectivity index (χ1n) is 11.8. The van der Waals surface area contributed by atoms with Crippen molar-refractivity contribution in [2.24, 2.45) is 11.8 Å². The van der Waals surface area contributed by atoms with Crippen molar-refractivity contribution in [1.29, 1.82) is 0 Å². The Hall–Kier alpha value is -4.06. The smallest absolute Gasteiger partial charge is 0.316 e. The first-order chi connectivity index (χ1) is 17.1. The molecule has 2 N–H and O–H groups in total. The van der Waals surface area contributed by atoms with E-state index in [2.05, 4.69) is 10.6 Å². The van der Waals surface area contributed by atoms with E-state index in [0.717, 1.165) is 28.2 Å². The van der Waals surface area contributed by atoms with Gasteiger partial charge in [-0.25, -0.2) is 0 Å². The summed E-state index contributed by atoms with van der Waals surface area (Å²) in [6.07, 6.45) is 0.556. The normalized spacial score (nSPS) is 21.1.